The Morgan fingerprint density at radius 3 is 2.63 bits per heavy atom. The molecule has 30 heavy (non-hydrogen) atoms. The van der Waals surface area contributed by atoms with Gasteiger partial charge in [0.05, 0.1) is 24.5 Å². The van der Waals surface area contributed by atoms with Crippen molar-refractivity contribution in [3.8, 4) is 5.75 Å². The lowest BCUT2D eigenvalue weighted by atomic mass is 10.2. The van der Waals surface area contributed by atoms with Gasteiger partial charge in [-0.15, -0.1) is 11.3 Å². The van der Waals surface area contributed by atoms with Gasteiger partial charge in [0.2, 0.25) is 0 Å². The van der Waals surface area contributed by atoms with Gasteiger partial charge in [-0.3, -0.25) is 0 Å². The minimum absolute atomic E-state index is 0.125. The van der Waals surface area contributed by atoms with Gasteiger partial charge in [-0.1, -0.05) is 0 Å². The van der Waals surface area contributed by atoms with Crippen LogP contribution in [0.2, 0.25) is 0 Å². The third-order valence-corrected chi connectivity index (χ3v) is 6.12. The van der Waals surface area contributed by atoms with Crippen molar-refractivity contribution in [3.05, 3.63) is 29.1 Å². The number of nitrogens with zero attached hydrogens (tertiary/aromatic N) is 3. The molecule has 0 radical (unpaired) electrons. The quantitative estimate of drug-likeness (QED) is 0.609. The highest BCUT2D eigenvalue weighted by molar-refractivity contribution is 8.00. The molecule has 9 nitrogen and oxygen atoms in total. The van der Waals surface area contributed by atoms with Crippen molar-refractivity contribution in [1.82, 2.24) is 9.88 Å². The molecule has 1 amide bonds. The topological polar surface area (TPSA) is 104 Å². The summed E-state index contributed by atoms with van der Waals surface area (Å²) >= 11 is 2.86. The van der Waals surface area contributed by atoms with Crippen molar-refractivity contribution < 1.29 is 24.2 Å². The van der Waals surface area contributed by atoms with E-state index in [0.717, 1.165) is 10.2 Å². The molecule has 0 aliphatic carbocycles. The summed E-state index contributed by atoms with van der Waals surface area (Å²) in [6.45, 7) is 6.27. The summed E-state index contributed by atoms with van der Waals surface area (Å²) in [6.07, 6.45) is -0.396. The second-order valence-corrected chi connectivity index (χ2v) is 8.46. The summed E-state index contributed by atoms with van der Waals surface area (Å²) in [5, 5.41) is 12.7. The molecule has 2 N–H and O–H groups in total. The summed E-state index contributed by atoms with van der Waals surface area (Å²) in [4.78, 5) is 31.6. The number of ether oxygens (including phenoxy) is 2. The highest BCUT2D eigenvalue weighted by Gasteiger charge is 2.24. The van der Waals surface area contributed by atoms with E-state index in [0.29, 0.717) is 37.6 Å². The highest BCUT2D eigenvalue weighted by Crippen LogP contribution is 2.32. The van der Waals surface area contributed by atoms with Gasteiger partial charge in [-0.2, -0.15) is 0 Å². The number of hydrogen-bond acceptors (Lipinski definition) is 9. The molecule has 11 heteroatoms. The van der Waals surface area contributed by atoms with Gasteiger partial charge in [0.1, 0.15) is 10.8 Å². The molecule has 0 saturated carbocycles. The lowest BCUT2D eigenvalue weighted by Crippen LogP contribution is -2.49. The zero-order valence-corrected chi connectivity index (χ0v) is 18.6. The van der Waals surface area contributed by atoms with Crippen LogP contribution in [0.15, 0.2) is 28.6 Å². The van der Waals surface area contributed by atoms with Crippen molar-refractivity contribution in [2.24, 2.45) is 0 Å². The van der Waals surface area contributed by atoms with E-state index in [1.165, 1.54) is 42.5 Å². The zero-order chi connectivity index (χ0) is 21.7. The Morgan fingerprint density at radius 1 is 1.27 bits per heavy atom. The molecule has 1 aliphatic rings. The van der Waals surface area contributed by atoms with Gasteiger partial charge >= 0.3 is 12.1 Å². The Hall–Kier alpha value is -2.66. The van der Waals surface area contributed by atoms with Crippen molar-refractivity contribution in [1.29, 1.82) is 0 Å². The first-order chi connectivity index (χ1) is 14.4. The summed E-state index contributed by atoms with van der Waals surface area (Å²) < 4.78 is 13.7. The summed E-state index contributed by atoms with van der Waals surface area (Å²) in [5.41, 5.74) is 0.828. The van der Waals surface area contributed by atoms with Crippen LogP contribution in [0.3, 0.4) is 0 Å². The SMILES string of the molecule is COc1cc(C(=O)O)ccc1NSc1csc(N2CCN(C(=O)OC(C)C)CC2)n1. The fourth-order valence-electron chi connectivity index (χ4n) is 2.81. The molecule has 0 bridgehead atoms. The molecule has 162 valence electrons. The van der Waals surface area contributed by atoms with Gasteiger partial charge in [0.15, 0.2) is 5.13 Å². The number of rotatable bonds is 7. The molecule has 0 atom stereocenters. The summed E-state index contributed by atoms with van der Waals surface area (Å²) in [6, 6.07) is 4.66. The van der Waals surface area contributed by atoms with E-state index in [9.17, 15) is 9.59 Å². The summed E-state index contributed by atoms with van der Waals surface area (Å²) in [5.74, 6) is -0.559. The van der Waals surface area contributed by atoms with Crippen molar-refractivity contribution in [2.45, 2.75) is 25.0 Å². The largest absolute Gasteiger partial charge is 0.495 e. The Morgan fingerprint density at radius 2 is 2.00 bits per heavy atom. The fourth-order valence-corrected chi connectivity index (χ4v) is 4.47. The average Bonchev–Trinajstić information content (AvgIpc) is 3.20. The molecule has 2 heterocycles. The Balaban J connectivity index is 1.55. The second kappa shape index (κ2) is 9.90. The number of amides is 1. The van der Waals surface area contributed by atoms with Crippen molar-refractivity contribution in [3.63, 3.8) is 0 Å². The maximum absolute atomic E-state index is 12.0. The predicted octanol–water partition coefficient (Wildman–Crippen LogP) is 3.64. The number of carbonyl (C=O) groups excluding carboxylic acids is 1. The number of carboxylic acids is 1. The first kappa shape index (κ1) is 22.0. The number of thiazole rings is 1. The third-order valence-electron chi connectivity index (χ3n) is 4.33. The number of carbonyl (C=O) groups is 2. The van der Waals surface area contributed by atoms with Crippen LogP contribution < -0.4 is 14.4 Å². The fraction of sp³-hybridized carbons (Fsp3) is 0.421. The number of anilines is 2. The number of hydrogen-bond donors (Lipinski definition) is 2. The van der Waals surface area contributed by atoms with E-state index in [1.54, 1.807) is 11.0 Å². The van der Waals surface area contributed by atoms with Crippen molar-refractivity contribution in [2.75, 3.05) is 42.9 Å². The molecule has 1 aromatic carbocycles. The van der Waals surface area contributed by atoms with Gasteiger partial charge < -0.3 is 29.1 Å². The van der Waals surface area contributed by atoms with Gasteiger partial charge in [-0.05, 0) is 32.0 Å². The van der Waals surface area contributed by atoms with Gasteiger partial charge in [0.25, 0.3) is 0 Å². The Bertz CT molecular complexity index is 897. The smallest absolute Gasteiger partial charge is 0.410 e. The van der Waals surface area contributed by atoms with E-state index in [1.807, 2.05) is 19.2 Å². The first-order valence-electron chi connectivity index (χ1n) is 9.37. The van der Waals surface area contributed by atoms with E-state index in [2.05, 4.69) is 14.6 Å². The van der Waals surface area contributed by atoms with Crippen LogP contribution in [0.4, 0.5) is 15.6 Å². The number of aromatic nitrogens is 1. The van der Waals surface area contributed by atoms with E-state index in [-0.39, 0.29) is 17.8 Å². The highest BCUT2D eigenvalue weighted by atomic mass is 32.2. The number of piperazine rings is 1. The third kappa shape index (κ3) is 5.48. The monoisotopic (exact) mass is 452 g/mol. The van der Waals surface area contributed by atoms with Crippen LogP contribution >= 0.6 is 23.3 Å². The molecule has 3 rings (SSSR count). The normalized spacial score (nSPS) is 14.0. The number of methoxy groups -OCH3 is 1. The number of aromatic carboxylic acids is 1. The number of carboxylic acid groups (broad SMARTS) is 1. The first-order valence-corrected chi connectivity index (χ1v) is 11.1. The van der Waals surface area contributed by atoms with Crippen LogP contribution in [0.1, 0.15) is 24.2 Å². The van der Waals surface area contributed by atoms with Crippen LogP contribution in [-0.4, -0.2) is 66.4 Å². The Labute approximate surface area is 183 Å². The van der Waals surface area contributed by atoms with Crippen molar-refractivity contribution >= 4 is 46.2 Å². The molecule has 1 saturated heterocycles. The maximum Gasteiger partial charge on any atom is 0.410 e. The van der Waals surface area contributed by atoms with Crippen LogP contribution in [0.5, 0.6) is 5.75 Å². The minimum Gasteiger partial charge on any atom is -0.495 e. The maximum atomic E-state index is 12.0. The Kier molecular flexibility index (Phi) is 7.27. The molecular formula is C19H24N4O5S2. The molecule has 0 unspecified atom stereocenters. The van der Waals surface area contributed by atoms with Gasteiger partial charge in [-0.25, -0.2) is 14.6 Å². The number of benzene rings is 1. The standard InChI is InChI=1S/C19H24N4O5S2/c1-12(2)28-19(26)23-8-6-22(7-9-23)18-20-16(11-29-18)30-21-14-5-4-13(17(24)25)10-15(14)27-3/h4-5,10-12,21H,6-9H2,1-3H3,(H,24,25). The molecule has 2 aromatic rings. The van der Waals surface area contributed by atoms with E-state index < -0.39 is 5.97 Å². The van der Waals surface area contributed by atoms with E-state index >= 15 is 0 Å². The predicted molar refractivity (Wildman–Crippen MR) is 117 cm³/mol. The van der Waals surface area contributed by atoms with Crippen LogP contribution in [0.25, 0.3) is 0 Å². The molecule has 0 spiro atoms. The molecule has 1 aliphatic heterocycles. The zero-order valence-electron chi connectivity index (χ0n) is 17.0. The number of nitrogens with one attached hydrogen (secondary N) is 1. The van der Waals surface area contributed by atoms with Crippen LogP contribution in [-0.2, 0) is 4.74 Å². The summed E-state index contributed by atoms with van der Waals surface area (Å²) in [7, 11) is 1.49. The molecule has 1 aromatic heterocycles. The lowest BCUT2D eigenvalue weighted by molar-refractivity contribution is 0.0695. The minimum atomic E-state index is -1.01. The molecular weight excluding hydrogens is 428 g/mol. The lowest BCUT2D eigenvalue weighted by Gasteiger charge is -2.34. The molecule has 1 fully saturated rings. The average molecular weight is 453 g/mol. The second-order valence-electron chi connectivity index (χ2n) is 6.80. The van der Waals surface area contributed by atoms with Gasteiger partial charge in [0, 0.05) is 43.5 Å². The van der Waals surface area contributed by atoms with Crippen LogP contribution in [0, 0.1) is 0 Å². The van der Waals surface area contributed by atoms with E-state index in [4.69, 9.17) is 14.6 Å².